The van der Waals surface area contributed by atoms with E-state index in [-0.39, 0.29) is 6.10 Å². The fraction of sp³-hybridized carbons (Fsp3) is 1.00. The van der Waals surface area contributed by atoms with Crippen molar-refractivity contribution in [3.63, 3.8) is 0 Å². The van der Waals surface area contributed by atoms with Crippen LogP contribution in [0, 0.1) is 5.92 Å². The zero-order chi connectivity index (χ0) is 11.3. The van der Waals surface area contributed by atoms with Crippen molar-refractivity contribution in [1.29, 1.82) is 0 Å². The highest BCUT2D eigenvalue weighted by molar-refractivity contribution is 7.86. The molecular formula is C11H22O3S. The zero-order valence-corrected chi connectivity index (χ0v) is 10.6. The van der Waals surface area contributed by atoms with Crippen LogP contribution in [0.4, 0.5) is 0 Å². The second-order valence-corrected chi connectivity index (χ2v) is 6.19. The van der Waals surface area contributed by atoms with Crippen molar-refractivity contribution in [3.8, 4) is 0 Å². The highest BCUT2D eigenvalue weighted by Crippen LogP contribution is 2.30. The third kappa shape index (κ3) is 5.52. The summed E-state index contributed by atoms with van der Waals surface area (Å²) in [6, 6.07) is 0. The maximum atomic E-state index is 10.9. The van der Waals surface area contributed by atoms with Crippen LogP contribution in [-0.2, 0) is 14.3 Å². The van der Waals surface area contributed by atoms with E-state index in [0.717, 1.165) is 37.9 Å². The van der Waals surface area contributed by atoms with Crippen molar-refractivity contribution in [2.45, 2.75) is 58.0 Å². The van der Waals surface area contributed by atoms with Gasteiger partial charge in [0.25, 0.3) is 10.1 Å². The lowest BCUT2D eigenvalue weighted by Gasteiger charge is -2.27. The molecule has 0 heterocycles. The Morgan fingerprint density at radius 3 is 2.27 bits per heavy atom. The summed E-state index contributed by atoms with van der Waals surface area (Å²) in [4.78, 5) is 0. The summed E-state index contributed by atoms with van der Waals surface area (Å²) >= 11 is 0. The van der Waals surface area contributed by atoms with Crippen molar-refractivity contribution >= 4 is 10.1 Å². The Hall–Kier alpha value is -0.0900. The summed E-state index contributed by atoms with van der Waals surface area (Å²) < 4.78 is 26.9. The minimum Gasteiger partial charge on any atom is -0.267 e. The molecule has 0 saturated heterocycles. The second kappa shape index (κ2) is 5.85. The maximum absolute atomic E-state index is 10.9. The van der Waals surface area contributed by atoms with Crippen molar-refractivity contribution in [2.75, 3.05) is 6.26 Å². The van der Waals surface area contributed by atoms with Crippen molar-refractivity contribution < 1.29 is 12.6 Å². The van der Waals surface area contributed by atoms with Gasteiger partial charge in [-0.05, 0) is 31.6 Å². The van der Waals surface area contributed by atoms with Gasteiger partial charge in [0.15, 0.2) is 0 Å². The van der Waals surface area contributed by atoms with E-state index >= 15 is 0 Å². The van der Waals surface area contributed by atoms with Gasteiger partial charge in [-0.3, -0.25) is 4.18 Å². The number of hydrogen-bond donors (Lipinski definition) is 0. The molecule has 0 unspecified atom stereocenters. The zero-order valence-electron chi connectivity index (χ0n) is 9.74. The van der Waals surface area contributed by atoms with Crippen LogP contribution in [-0.4, -0.2) is 20.8 Å². The molecule has 1 fully saturated rings. The van der Waals surface area contributed by atoms with E-state index in [9.17, 15) is 8.42 Å². The monoisotopic (exact) mass is 234 g/mol. The van der Waals surface area contributed by atoms with Gasteiger partial charge in [0.1, 0.15) is 0 Å². The molecule has 90 valence electrons. The molecule has 1 aliphatic carbocycles. The van der Waals surface area contributed by atoms with Gasteiger partial charge in [0, 0.05) is 0 Å². The molecule has 0 N–H and O–H groups in total. The molecule has 0 radical (unpaired) electrons. The van der Waals surface area contributed by atoms with Gasteiger partial charge in [-0.1, -0.05) is 26.2 Å². The minimum absolute atomic E-state index is 0.0575. The Labute approximate surface area is 93.3 Å². The average Bonchev–Trinajstić information content (AvgIpc) is 2.14. The number of hydrogen-bond acceptors (Lipinski definition) is 3. The van der Waals surface area contributed by atoms with E-state index in [1.54, 1.807) is 0 Å². The first-order chi connectivity index (χ1) is 7.01. The predicted molar refractivity (Wildman–Crippen MR) is 61.2 cm³/mol. The summed E-state index contributed by atoms with van der Waals surface area (Å²) in [6.45, 7) is 2.21. The Bertz CT molecular complexity index is 264. The smallest absolute Gasteiger partial charge is 0.264 e. The lowest BCUT2D eigenvalue weighted by molar-refractivity contribution is 0.135. The predicted octanol–water partition coefficient (Wildman–Crippen LogP) is 2.71. The van der Waals surface area contributed by atoms with Crippen LogP contribution >= 0.6 is 0 Å². The van der Waals surface area contributed by atoms with E-state index in [1.165, 1.54) is 19.3 Å². The summed E-state index contributed by atoms with van der Waals surface area (Å²) in [7, 11) is -3.26. The van der Waals surface area contributed by atoms with Crippen LogP contribution < -0.4 is 0 Å². The molecule has 1 saturated carbocycles. The summed E-state index contributed by atoms with van der Waals surface area (Å²) in [5.74, 6) is 0.796. The third-order valence-corrected chi connectivity index (χ3v) is 3.69. The lowest BCUT2D eigenvalue weighted by atomic mass is 9.84. The molecule has 0 aromatic heterocycles. The molecule has 0 spiro atoms. The van der Waals surface area contributed by atoms with Crippen LogP contribution in [0.1, 0.15) is 51.9 Å². The van der Waals surface area contributed by atoms with Gasteiger partial charge in [-0.15, -0.1) is 0 Å². The van der Waals surface area contributed by atoms with Crippen molar-refractivity contribution in [3.05, 3.63) is 0 Å². The highest BCUT2D eigenvalue weighted by atomic mass is 32.2. The molecule has 0 bridgehead atoms. The van der Waals surface area contributed by atoms with E-state index in [2.05, 4.69) is 6.92 Å². The first-order valence-electron chi connectivity index (χ1n) is 5.89. The molecule has 0 amide bonds. The Morgan fingerprint density at radius 2 is 1.80 bits per heavy atom. The Morgan fingerprint density at radius 1 is 1.20 bits per heavy atom. The number of unbranched alkanes of at least 4 members (excludes halogenated alkanes) is 1. The lowest BCUT2D eigenvalue weighted by Crippen LogP contribution is -2.24. The molecule has 0 aromatic carbocycles. The third-order valence-electron chi connectivity index (χ3n) is 3.07. The molecule has 0 aliphatic heterocycles. The topological polar surface area (TPSA) is 43.4 Å². The van der Waals surface area contributed by atoms with Gasteiger partial charge in [-0.2, -0.15) is 8.42 Å². The molecule has 0 atom stereocenters. The van der Waals surface area contributed by atoms with Gasteiger partial charge >= 0.3 is 0 Å². The van der Waals surface area contributed by atoms with Gasteiger partial charge in [-0.25, -0.2) is 0 Å². The minimum atomic E-state index is -3.26. The van der Waals surface area contributed by atoms with E-state index in [0.29, 0.717) is 0 Å². The standard InChI is InChI=1S/C11H22O3S/c1-3-4-5-10-6-8-11(9-7-10)14-15(2,12)13/h10-11H,3-9H2,1-2H3/t10-,11+. The van der Waals surface area contributed by atoms with Gasteiger partial charge in [0.05, 0.1) is 12.4 Å². The maximum Gasteiger partial charge on any atom is 0.264 e. The van der Waals surface area contributed by atoms with Gasteiger partial charge < -0.3 is 0 Å². The summed E-state index contributed by atoms with van der Waals surface area (Å²) in [5, 5.41) is 0. The molecule has 15 heavy (non-hydrogen) atoms. The first-order valence-corrected chi connectivity index (χ1v) is 7.71. The average molecular weight is 234 g/mol. The molecule has 1 rings (SSSR count). The van der Waals surface area contributed by atoms with Crippen LogP contribution in [0.3, 0.4) is 0 Å². The Balaban J connectivity index is 2.24. The van der Waals surface area contributed by atoms with E-state index in [1.807, 2.05) is 0 Å². The van der Waals surface area contributed by atoms with Crippen LogP contribution in [0.2, 0.25) is 0 Å². The van der Waals surface area contributed by atoms with E-state index < -0.39 is 10.1 Å². The van der Waals surface area contributed by atoms with Gasteiger partial charge in [0.2, 0.25) is 0 Å². The molecule has 0 aromatic rings. The van der Waals surface area contributed by atoms with Crippen molar-refractivity contribution in [1.82, 2.24) is 0 Å². The molecule has 3 nitrogen and oxygen atoms in total. The van der Waals surface area contributed by atoms with E-state index in [4.69, 9.17) is 4.18 Å². The van der Waals surface area contributed by atoms with Crippen molar-refractivity contribution in [2.24, 2.45) is 5.92 Å². The Kier molecular flexibility index (Phi) is 5.06. The van der Waals surface area contributed by atoms with Crippen LogP contribution in [0.25, 0.3) is 0 Å². The quantitative estimate of drug-likeness (QED) is 0.687. The van der Waals surface area contributed by atoms with Crippen LogP contribution in [0.5, 0.6) is 0 Å². The molecule has 1 aliphatic rings. The summed E-state index contributed by atoms with van der Waals surface area (Å²) in [5.41, 5.74) is 0. The highest BCUT2D eigenvalue weighted by Gasteiger charge is 2.23. The van der Waals surface area contributed by atoms with Crippen LogP contribution in [0.15, 0.2) is 0 Å². The number of rotatable bonds is 5. The molecular weight excluding hydrogens is 212 g/mol. The molecule has 4 heteroatoms. The summed E-state index contributed by atoms with van der Waals surface area (Å²) in [6.07, 6.45) is 8.97. The largest absolute Gasteiger partial charge is 0.267 e. The fourth-order valence-electron chi connectivity index (χ4n) is 2.26. The SMILES string of the molecule is CCCC[C@H]1CC[C@@H](OS(C)(=O)=O)CC1. The normalized spacial score (nSPS) is 27.9. The first kappa shape index (κ1) is 13.0. The second-order valence-electron chi connectivity index (χ2n) is 4.59. The fourth-order valence-corrected chi connectivity index (χ4v) is 2.94.